The summed E-state index contributed by atoms with van der Waals surface area (Å²) in [5, 5.41) is 5.40. The number of carbonyl (C=O) groups excluding carboxylic acids is 3. The highest BCUT2D eigenvalue weighted by Crippen LogP contribution is 2.26. The van der Waals surface area contributed by atoms with Gasteiger partial charge in [0.2, 0.25) is 5.91 Å². The molecule has 7 heteroatoms. The molecule has 1 atom stereocenters. The first-order valence-corrected chi connectivity index (χ1v) is 7.58. The molecular weight excluding hydrogens is 306 g/mol. The first-order valence-electron chi connectivity index (χ1n) is 7.20. The van der Waals surface area contributed by atoms with Gasteiger partial charge in [-0.3, -0.25) is 14.9 Å². The van der Waals surface area contributed by atoms with Crippen LogP contribution >= 0.6 is 11.6 Å². The largest absolute Gasteiger partial charge is 0.338 e. The van der Waals surface area contributed by atoms with Crippen LogP contribution in [0.1, 0.15) is 24.0 Å². The lowest BCUT2D eigenvalue weighted by Crippen LogP contribution is -2.37. The molecule has 1 aromatic carbocycles. The zero-order chi connectivity index (χ0) is 15.7. The molecule has 0 spiro atoms. The summed E-state index contributed by atoms with van der Waals surface area (Å²) >= 11 is 6.16. The van der Waals surface area contributed by atoms with Crippen LogP contribution in [-0.2, 0) is 22.6 Å². The molecule has 0 radical (unpaired) electrons. The third kappa shape index (κ3) is 2.92. The molecule has 22 heavy (non-hydrogen) atoms. The van der Waals surface area contributed by atoms with E-state index in [2.05, 4.69) is 10.6 Å². The Bertz CT molecular complexity index is 647. The Kier molecular flexibility index (Phi) is 4.02. The number of halogens is 1. The standard InChI is InChI=1S/C15H16ClN3O3/c16-11-3-1-2-9-8-19(7-6-10(9)11)13(20)5-4-12-14(21)18-15(22)17-12/h1-3,12H,4-8H2,(H2,17,18,21,22). The minimum atomic E-state index is -0.608. The zero-order valence-electron chi connectivity index (χ0n) is 11.9. The number of imide groups is 1. The summed E-state index contributed by atoms with van der Waals surface area (Å²) in [5.74, 6) is -0.381. The molecule has 2 aliphatic rings. The molecule has 1 saturated heterocycles. The topological polar surface area (TPSA) is 78.5 Å². The maximum atomic E-state index is 12.3. The second-order valence-electron chi connectivity index (χ2n) is 5.50. The smallest absolute Gasteiger partial charge is 0.322 e. The molecule has 4 amide bonds. The summed E-state index contributed by atoms with van der Waals surface area (Å²) in [5.41, 5.74) is 2.18. The van der Waals surface area contributed by atoms with Crippen molar-refractivity contribution in [1.82, 2.24) is 15.5 Å². The van der Waals surface area contributed by atoms with E-state index in [0.717, 1.165) is 22.6 Å². The molecule has 1 unspecified atom stereocenters. The van der Waals surface area contributed by atoms with Gasteiger partial charge >= 0.3 is 6.03 Å². The van der Waals surface area contributed by atoms with Gasteiger partial charge in [-0.1, -0.05) is 23.7 Å². The van der Waals surface area contributed by atoms with E-state index in [-0.39, 0.29) is 18.2 Å². The van der Waals surface area contributed by atoms with Gasteiger partial charge in [-0.15, -0.1) is 0 Å². The van der Waals surface area contributed by atoms with Gasteiger partial charge in [0.05, 0.1) is 0 Å². The number of rotatable bonds is 3. The van der Waals surface area contributed by atoms with E-state index in [1.54, 1.807) is 4.90 Å². The van der Waals surface area contributed by atoms with Crippen molar-refractivity contribution in [1.29, 1.82) is 0 Å². The van der Waals surface area contributed by atoms with Crippen LogP contribution in [0.2, 0.25) is 5.02 Å². The molecule has 2 heterocycles. The van der Waals surface area contributed by atoms with Gasteiger partial charge in [-0.2, -0.15) is 0 Å². The number of fused-ring (bicyclic) bond motifs is 1. The summed E-state index contributed by atoms with van der Waals surface area (Å²) in [7, 11) is 0. The number of hydrogen-bond acceptors (Lipinski definition) is 3. The number of nitrogens with one attached hydrogen (secondary N) is 2. The fraction of sp³-hybridized carbons (Fsp3) is 0.400. The van der Waals surface area contributed by atoms with Gasteiger partial charge in [0, 0.05) is 24.5 Å². The number of benzene rings is 1. The molecule has 1 fully saturated rings. The predicted molar refractivity (Wildman–Crippen MR) is 80.3 cm³/mol. The lowest BCUT2D eigenvalue weighted by atomic mass is 9.99. The van der Waals surface area contributed by atoms with Gasteiger partial charge in [0.25, 0.3) is 5.91 Å². The van der Waals surface area contributed by atoms with E-state index in [4.69, 9.17) is 11.6 Å². The molecule has 2 aliphatic heterocycles. The van der Waals surface area contributed by atoms with Crippen LogP contribution in [0.15, 0.2) is 18.2 Å². The predicted octanol–water partition coefficient (Wildman–Crippen LogP) is 1.21. The average Bonchev–Trinajstić information content (AvgIpc) is 2.82. The Morgan fingerprint density at radius 1 is 1.36 bits per heavy atom. The lowest BCUT2D eigenvalue weighted by molar-refractivity contribution is -0.132. The second-order valence-corrected chi connectivity index (χ2v) is 5.90. The molecule has 0 bridgehead atoms. The zero-order valence-corrected chi connectivity index (χ0v) is 12.7. The SMILES string of the molecule is O=C1NC(=O)C(CCC(=O)N2CCc3c(Cl)cccc3C2)N1. The van der Waals surface area contributed by atoms with Crippen molar-refractivity contribution in [3.05, 3.63) is 34.3 Å². The van der Waals surface area contributed by atoms with Gasteiger partial charge < -0.3 is 10.2 Å². The van der Waals surface area contributed by atoms with Crippen molar-refractivity contribution in [3.63, 3.8) is 0 Å². The lowest BCUT2D eigenvalue weighted by Gasteiger charge is -2.29. The number of urea groups is 1. The van der Waals surface area contributed by atoms with E-state index in [0.29, 0.717) is 19.5 Å². The minimum Gasteiger partial charge on any atom is -0.338 e. The van der Waals surface area contributed by atoms with Crippen LogP contribution in [0.5, 0.6) is 0 Å². The van der Waals surface area contributed by atoms with E-state index < -0.39 is 12.1 Å². The first-order chi connectivity index (χ1) is 10.5. The Balaban J connectivity index is 1.58. The monoisotopic (exact) mass is 321 g/mol. The molecule has 6 nitrogen and oxygen atoms in total. The van der Waals surface area contributed by atoms with E-state index >= 15 is 0 Å². The van der Waals surface area contributed by atoms with Gasteiger partial charge in [0.15, 0.2) is 0 Å². The minimum absolute atomic E-state index is 0.0143. The van der Waals surface area contributed by atoms with Crippen molar-refractivity contribution in [2.24, 2.45) is 0 Å². The van der Waals surface area contributed by atoms with Crippen LogP contribution < -0.4 is 10.6 Å². The molecule has 2 N–H and O–H groups in total. The summed E-state index contributed by atoms with van der Waals surface area (Å²) in [6.45, 7) is 1.16. The van der Waals surface area contributed by atoms with Gasteiger partial charge in [-0.05, 0) is 30.0 Å². The highest BCUT2D eigenvalue weighted by molar-refractivity contribution is 6.31. The van der Waals surface area contributed by atoms with Crippen LogP contribution in [0.4, 0.5) is 4.79 Å². The van der Waals surface area contributed by atoms with Gasteiger partial charge in [0.1, 0.15) is 6.04 Å². The maximum absolute atomic E-state index is 12.3. The maximum Gasteiger partial charge on any atom is 0.322 e. The van der Waals surface area contributed by atoms with Crippen molar-refractivity contribution in [2.75, 3.05) is 6.54 Å². The van der Waals surface area contributed by atoms with Gasteiger partial charge in [-0.25, -0.2) is 4.79 Å². The Labute approximate surface area is 132 Å². The number of nitrogens with zero attached hydrogens (tertiary/aromatic N) is 1. The number of amides is 4. The summed E-state index contributed by atoms with van der Waals surface area (Å²) in [4.78, 5) is 36.5. The van der Waals surface area contributed by atoms with Crippen LogP contribution in [-0.4, -0.2) is 35.3 Å². The normalized spacial score (nSPS) is 20.4. The Morgan fingerprint density at radius 3 is 2.91 bits per heavy atom. The van der Waals surface area contributed by atoms with Crippen molar-refractivity contribution in [3.8, 4) is 0 Å². The third-order valence-electron chi connectivity index (χ3n) is 4.07. The summed E-state index contributed by atoms with van der Waals surface area (Å²) in [6, 6.07) is 4.62. The first kappa shape index (κ1) is 14.8. The number of carbonyl (C=O) groups is 3. The van der Waals surface area contributed by atoms with E-state index in [1.807, 2.05) is 18.2 Å². The molecule has 0 saturated carbocycles. The summed E-state index contributed by atoms with van der Waals surface area (Å²) in [6.07, 6.45) is 1.28. The van der Waals surface area contributed by atoms with E-state index in [1.165, 1.54) is 0 Å². The summed E-state index contributed by atoms with van der Waals surface area (Å²) < 4.78 is 0. The second kappa shape index (κ2) is 5.96. The average molecular weight is 322 g/mol. The van der Waals surface area contributed by atoms with E-state index in [9.17, 15) is 14.4 Å². The van der Waals surface area contributed by atoms with Crippen molar-refractivity contribution in [2.45, 2.75) is 31.8 Å². The molecule has 1 aromatic rings. The molecular formula is C15H16ClN3O3. The highest BCUT2D eigenvalue weighted by atomic mass is 35.5. The van der Waals surface area contributed by atoms with Crippen LogP contribution in [0, 0.1) is 0 Å². The fourth-order valence-electron chi connectivity index (χ4n) is 2.86. The molecule has 0 aliphatic carbocycles. The molecule has 0 aromatic heterocycles. The molecule has 116 valence electrons. The molecule has 3 rings (SSSR count). The highest BCUT2D eigenvalue weighted by Gasteiger charge is 2.30. The fourth-order valence-corrected chi connectivity index (χ4v) is 3.15. The van der Waals surface area contributed by atoms with Crippen LogP contribution in [0.25, 0.3) is 0 Å². The van der Waals surface area contributed by atoms with Crippen LogP contribution in [0.3, 0.4) is 0 Å². The number of hydrogen-bond donors (Lipinski definition) is 2. The quantitative estimate of drug-likeness (QED) is 0.821. The van der Waals surface area contributed by atoms with Crippen molar-refractivity contribution >= 4 is 29.4 Å². The Morgan fingerprint density at radius 2 is 2.18 bits per heavy atom. The third-order valence-corrected chi connectivity index (χ3v) is 4.42. The van der Waals surface area contributed by atoms with Crippen molar-refractivity contribution < 1.29 is 14.4 Å². The Hall–Kier alpha value is -2.08.